The average Bonchev–Trinajstić information content (AvgIpc) is 2.53. The zero-order valence-corrected chi connectivity index (χ0v) is 12.4. The second-order valence-corrected chi connectivity index (χ2v) is 5.44. The van der Waals surface area contributed by atoms with E-state index in [0.29, 0.717) is 5.56 Å². The smallest absolute Gasteiger partial charge is 0.180 e. The Bertz CT molecular complexity index is 545. The van der Waals surface area contributed by atoms with Crippen molar-refractivity contribution in [2.75, 3.05) is 0 Å². The van der Waals surface area contributed by atoms with Crippen LogP contribution in [0.25, 0.3) is 11.1 Å². The van der Waals surface area contributed by atoms with Gasteiger partial charge in [0, 0.05) is 5.56 Å². The Hall–Kier alpha value is -1.60. The largest absolute Gasteiger partial charge is 0.293 e. The highest BCUT2D eigenvalue weighted by Crippen LogP contribution is 2.21. The van der Waals surface area contributed by atoms with Gasteiger partial charge in [-0.15, -0.1) is 11.6 Å². The molecule has 0 bridgehead atoms. The van der Waals surface area contributed by atoms with Crippen molar-refractivity contribution in [3.05, 3.63) is 60.2 Å². The van der Waals surface area contributed by atoms with E-state index in [0.717, 1.165) is 30.4 Å². The third kappa shape index (κ3) is 3.71. The van der Waals surface area contributed by atoms with E-state index >= 15 is 0 Å². The lowest BCUT2D eigenvalue weighted by Crippen LogP contribution is -2.14. The minimum absolute atomic E-state index is 0.0275. The number of Topliss-reactive ketones (excluding diaryl/α,β-unsaturated/α-hetero) is 1. The van der Waals surface area contributed by atoms with Gasteiger partial charge in [-0.05, 0) is 17.5 Å². The van der Waals surface area contributed by atoms with Crippen LogP contribution < -0.4 is 0 Å². The molecule has 0 aliphatic carbocycles. The Balaban J connectivity index is 2.10. The van der Waals surface area contributed by atoms with Crippen molar-refractivity contribution in [1.82, 2.24) is 0 Å². The summed E-state index contributed by atoms with van der Waals surface area (Å²) in [5, 5.41) is -0.405. The summed E-state index contributed by atoms with van der Waals surface area (Å²) in [6.07, 6.45) is 2.79. The van der Waals surface area contributed by atoms with Crippen molar-refractivity contribution in [2.24, 2.45) is 0 Å². The fraction of sp³-hybridized carbons (Fsp3) is 0.278. The summed E-state index contributed by atoms with van der Waals surface area (Å²) in [6.45, 7) is 2.10. The third-order valence-electron chi connectivity index (χ3n) is 3.37. The van der Waals surface area contributed by atoms with Gasteiger partial charge in [0.1, 0.15) is 0 Å². The van der Waals surface area contributed by atoms with E-state index in [-0.39, 0.29) is 5.78 Å². The maximum Gasteiger partial charge on any atom is 0.180 e. The van der Waals surface area contributed by atoms with Crippen molar-refractivity contribution < 1.29 is 4.79 Å². The van der Waals surface area contributed by atoms with Crippen molar-refractivity contribution in [1.29, 1.82) is 0 Å². The molecule has 1 unspecified atom stereocenters. The first kappa shape index (κ1) is 14.8. The van der Waals surface area contributed by atoms with Gasteiger partial charge in [0.15, 0.2) is 5.78 Å². The second kappa shape index (κ2) is 7.25. The van der Waals surface area contributed by atoms with E-state index in [1.807, 2.05) is 42.5 Å². The molecule has 0 saturated carbocycles. The molecule has 0 aliphatic heterocycles. The monoisotopic (exact) mass is 286 g/mol. The molecule has 2 heteroatoms. The molecule has 0 fully saturated rings. The van der Waals surface area contributed by atoms with Gasteiger partial charge >= 0.3 is 0 Å². The first-order valence-corrected chi connectivity index (χ1v) is 7.49. The maximum atomic E-state index is 12.2. The van der Waals surface area contributed by atoms with Gasteiger partial charge in [0.25, 0.3) is 0 Å². The van der Waals surface area contributed by atoms with Gasteiger partial charge in [-0.1, -0.05) is 74.4 Å². The summed E-state index contributed by atoms with van der Waals surface area (Å²) in [5.41, 5.74) is 2.96. The number of carbonyl (C=O) groups is 1. The van der Waals surface area contributed by atoms with Crippen LogP contribution >= 0.6 is 11.6 Å². The highest BCUT2D eigenvalue weighted by molar-refractivity contribution is 6.33. The van der Waals surface area contributed by atoms with Gasteiger partial charge in [-0.2, -0.15) is 0 Å². The fourth-order valence-corrected chi connectivity index (χ4v) is 2.43. The quantitative estimate of drug-likeness (QED) is 0.518. The van der Waals surface area contributed by atoms with Gasteiger partial charge in [-0.25, -0.2) is 0 Å². The molecule has 104 valence electrons. The van der Waals surface area contributed by atoms with Crippen molar-refractivity contribution >= 4 is 17.4 Å². The molecule has 0 radical (unpaired) electrons. The Morgan fingerprint density at radius 2 is 1.60 bits per heavy atom. The third-order valence-corrected chi connectivity index (χ3v) is 3.79. The molecule has 2 rings (SSSR count). The zero-order valence-electron chi connectivity index (χ0n) is 11.7. The standard InChI is InChI=1S/C18H19ClO/c1-2-3-9-17(19)18(20)16-12-10-15(11-13-16)14-7-5-4-6-8-14/h4-8,10-13,17H,2-3,9H2,1H3. The van der Waals surface area contributed by atoms with Gasteiger partial charge in [0.05, 0.1) is 5.38 Å². The van der Waals surface area contributed by atoms with Crippen LogP contribution in [0.3, 0.4) is 0 Å². The number of alkyl halides is 1. The molecule has 0 amide bonds. The van der Waals surface area contributed by atoms with Gasteiger partial charge in [-0.3, -0.25) is 4.79 Å². The lowest BCUT2D eigenvalue weighted by molar-refractivity contribution is 0.0983. The molecule has 0 saturated heterocycles. The number of hydrogen-bond acceptors (Lipinski definition) is 1. The molecule has 0 N–H and O–H groups in total. The predicted octanol–water partition coefficient (Wildman–Crippen LogP) is 5.33. The number of unbranched alkanes of at least 4 members (excludes halogenated alkanes) is 1. The van der Waals surface area contributed by atoms with Crippen molar-refractivity contribution in [2.45, 2.75) is 31.6 Å². The highest BCUT2D eigenvalue weighted by Gasteiger charge is 2.16. The van der Waals surface area contributed by atoms with Gasteiger partial charge < -0.3 is 0 Å². The number of benzene rings is 2. The van der Waals surface area contributed by atoms with E-state index in [2.05, 4.69) is 19.1 Å². The van der Waals surface area contributed by atoms with E-state index in [9.17, 15) is 4.79 Å². The molecule has 0 aliphatic rings. The summed E-state index contributed by atoms with van der Waals surface area (Å²) in [4.78, 5) is 12.2. The topological polar surface area (TPSA) is 17.1 Å². The Morgan fingerprint density at radius 3 is 2.20 bits per heavy atom. The van der Waals surface area contributed by atoms with Crippen LogP contribution in [0, 0.1) is 0 Å². The molecule has 0 spiro atoms. The van der Waals surface area contributed by atoms with Crippen LogP contribution in [0.2, 0.25) is 0 Å². The molecular formula is C18H19ClO. The molecule has 0 aromatic heterocycles. The predicted molar refractivity (Wildman–Crippen MR) is 85.4 cm³/mol. The van der Waals surface area contributed by atoms with Crippen LogP contribution in [-0.2, 0) is 0 Å². The van der Waals surface area contributed by atoms with E-state index in [1.165, 1.54) is 0 Å². The van der Waals surface area contributed by atoms with Gasteiger partial charge in [0.2, 0.25) is 0 Å². The molecule has 2 aromatic rings. The molecule has 1 nitrogen and oxygen atoms in total. The van der Waals surface area contributed by atoms with Crippen LogP contribution in [0.5, 0.6) is 0 Å². The number of carbonyl (C=O) groups excluding carboxylic acids is 1. The van der Waals surface area contributed by atoms with Crippen LogP contribution in [0.15, 0.2) is 54.6 Å². The summed E-state index contributed by atoms with van der Waals surface area (Å²) >= 11 is 6.15. The second-order valence-electron chi connectivity index (χ2n) is 4.92. The van der Waals surface area contributed by atoms with Crippen LogP contribution in [-0.4, -0.2) is 11.2 Å². The molecule has 20 heavy (non-hydrogen) atoms. The lowest BCUT2D eigenvalue weighted by atomic mass is 10.00. The van der Waals surface area contributed by atoms with Crippen LogP contribution in [0.1, 0.15) is 36.5 Å². The Labute approximate surface area is 125 Å². The lowest BCUT2D eigenvalue weighted by Gasteiger charge is -2.08. The SMILES string of the molecule is CCCCC(Cl)C(=O)c1ccc(-c2ccccc2)cc1. The van der Waals surface area contributed by atoms with Crippen molar-refractivity contribution in [3.63, 3.8) is 0 Å². The summed E-state index contributed by atoms with van der Waals surface area (Å²) in [5.74, 6) is 0.0275. The molecular weight excluding hydrogens is 268 g/mol. The number of rotatable bonds is 6. The summed E-state index contributed by atoms with van der Waals surface area (Å²) in [7, 11) is 0. The minimum atomic E-state index is -0.405. The minimum Gasteiger partial charge on any atom is -0.293 e. The highest BCUT2D eigenvalue weighted by atomic mass is 35.5. The normalized spacial score (nSPS) is 12.1. The number of ketones is 1. The Morgan fingerprint density at radius 1 is 1.00 bits per heavy atom. The van der Waals surface area contributed by atoms with E-state index < -0.39 is 5.38 Å². The summed E-state index contributed by atoms with van der Waals surface area (Å²) in [6, 6.07) is 17.8. The maximum absolute atomic E-state index is 12.2. The summed E-state index contributed by atoms with van der Waals surface area (Å²) < 4.78 is 0. The molecule has 1 atom stereocenters. The molecule has 0 heterocycles. The average molecular weight is 287 g/mol. The van der Waals surface area contributed by atoms with Crippen LogP contribution in [0.4, 0.5) is 0 Å². The molecule has 2 aromatic carbocycles. The first-order valence-electron chi connectivity index (χ1n) is 7.06. The fourth-order valence-electron chi connectivity index (χ4n) is 2.15. The van der Waals surface area contributed by atoms with E-state index in [1.54, 1.807) is 0 Å². The number of hydrogen-bond donors (Lipinski definition) is 0. The van der Waals surface area contributed by atoms with Crippen molar-refractivity contribution in [3.8, 4) is 11.1 Å². The first-order chi connectivity index (χ1) is 9.72. The zero-order chi connectivity index (χ0) is 14.4. The van der Waals surface area contributed by atoms with E-state index in [4.69, 9.17) is 11.6 Å². The Kier molecular flexibility index (Phi) is 5.37. The number of halogens is 1.